The van der Waals surface area contributed by atoms with Gasteiger partial charge in [-0.2, -0.15) is 0 Å². The zero-order valence-corrected chi connectivity index (χ0v) is 14.1. The number of nitrogens with zero attached hydrogens (tertiary/aromatic N) is 1. The summed E-state index contributed by atoms with van der Waals surface area (Å²) in [6, 6.07) is 8.08. The second-order valence-electron chi connectivity index (χ2n) is 4.60. The van der Waals surface area contributed by atoms with Crippen molar-refractivity contribution in [3.8, 4) is 11.5 Å². The molecule has 0 saturated carbocycles. The van der Waals surface area contributed by atoms with Crippen LogP contribution >= 0.6 is 22.6 Å². The highest BCUT2D eigenvalue weighted by atomic mass is 127. The van der Waals surface area contributed by atoms with Crippen LogP contribution in [0.5, 0.6) is 11.5 Å². The molecular formula is C16H18INO2. The molecule has 0 unspecified atom stereocenters. The van der Waals surface area contributed by atoms with E-state index in [1.165, 1.54) is 14.7 Å². The molecule has 1 aromatic carbocycles. The minimum Gasteiger partial charge on any atom is -0.497 e. The summed E-state index contributed by atoms with van der Waals surface area (Å²) in [7, 11) is 3.35. The van der Waals surface area contributed by atoms with Gasteiger partial charge in [0, 0.05) is 21.5 Å². The molecule has 0 spiro atoms. The number of rotatable bonds is 5. The average Bonchev–Trinajstić information content (AvgIpc) is 2.48. The fraction of sp³-hybridized carbons (Fsp3) is 0.312. The first-order valence-electron chi connectivity index (χ1n) is 6.46. The van der Waals surface area contributed by atoms with Crippen LogP contribution in [-0.4, -0.2) is 19.2 Å². The normalized spacial score (nSPS) is 10.4. The highest BCUT2D eigenvalue weighted by Crippen LogP contribution is 2.25. The van der Waals surface area contributed by atoms with Crippen LogP contribution in [0.15, 0.2) is 30.5 Å². The molecule has 0 amide bonds. The Labute approximate surface area is 133 Å². The Morgan fingerprint density at radius 2 is 1.90 bits per heavy atom. The SMILES string of the molecule is COc1ccc(CCc2cc(I)c(C)cn2)c(OC)c1. The molecule has 0 aliphatic heterocycles. The lowest BCUT2D eigenvalue weighted by atomic mass is 10.1. The number of aromatic nitrogens is 1. The second-order valence-corrected chi connectivity index (χ2v) is 5.76. The van der Waals surface area contributed by atoms with Crippen molar-refractivity contribution in [3.05, 3.63) is 50.9 Å². The van der Waals surface area contributed by atoms with Gasteiger partial charge in [-0.25, -0.2) is 0 Å². The zero-order chi connectivity index (χ0) is 14.5. The van der Waals surface area contributed by atoms with E-state index in [2.05, 4.69) is 46.6 Å². The molecular weight excluding hydrogens is 365 g/mol. The number of ether oxygens (including phenoxy) is 2. The van der Waals surface area contributed by atoms with E-state index in [0.29, 0.717) is 0 Å². The molecule has 0 radical (unpaired) electrons. The molecule has 20 heavy (non-hydrogen) atoms. The third kappa shape index (κ3) is 3.62. The first-order valence-corrected chi connectivity index (χ1v) is 7.54. The van der Waals surface area contributed by atoms with Crippen LogP contribution in [-0.2, 0) is 12.8 Å². The Balaban J connectivity index is 2.12. The summed E-state index contributed by atoms with van der Waals surface area (Å²) in [5, 5.41) is 0. The van der Waals surface area contributed by atoms with Crippen LogP contribution in [0.3, 0.4) is 0 Å². The predicted molar refractivity (Wildman–Crippen MR) is 88.6 cm³/mol. The monoisotopic (exact) mass is 383 g/mol. The molecule has 0 fully saturated rings. The molecule has 0 aliphatic carbocycles. The molecule has 0 saturated heterocycles. The molecule has 0 N–H and O–H groups in total. The minimum atomic E-state index is 0.814. The van der Waals surface area contributed by atoms with Crippen LogP contribution in [0.1, 0.15) is 16.8 Å². The van der Waals surface area contributed by atoms with E-state index in [0.717, 1.165) is 30.0 Å². The lowest BCUT2D eigenvalue weighted by molar-refractivity contribution is 0.391. The summed E-state index contributed by atoms with van der Waals surface area (Å²) in [6.45, 7) is 2.07. The van der Waals surface area contributed by atoms with Gasteiger partial charge in [0.1, 0.15) is 11.5 Å². The molecule has 106 valence electrons. The van der Waals surface area contributed by atoms with Crippen molar-refractivity contribution < 1.29 is 9.47 Å². The number of halogens is 1. The molecule has 4 heteroatoms. The lowest BCUT2D eigenvalue weighted by Gasteiger charge is -2.10. The number of hydrogen-bond acceptors (Lipinski definition) is 3. The molecule has 1 heterocycles. The topological polar surface area (TPSA) is 31.4 Å². The maximum Gasteiger partial charge on any atom is 0.125 e. The van der Waals surface area contributed by atoms with Crippen molar-refractivity contribution in [2.45, 2.75) is 19.8 Å². The van der Waals surface area contributed by atoms with E-state index < -0.39 is 0 Å². The van der Waals surface area contributed by atoms with E-state index in [9.17, 15) is 0 Å². The number of aryl methyl sites for hydroxylation is 3. The Hall–Kier alpha value is -1.30. The van der Waals surface area contributed by atoms with Gasteiger partial charge in [0.15, 0.2) is 0 Å². The van der Waals surface area contributed by atoms with E-state index in [4.69, 9.17) is 9.47 Å². The summed E-state index contributed by atoms with van der Waals surface area (Å²) in [5.41, 5.74) is 3.50. The smallest absolute Gasteiger partial charge is 0.125 e. The Kier molecular flexibility index (Phi) is 5.23. The lowest BCUT2D eigenvalue weighted by Crippen LogP contribution is -1.99. The summed E-state index contributed by atoms with van der Waals surface area (Å²) in [5.74, 6) is 1.68. The van der Waals surface area contributed by atoms with Crippen molar-refractivity contribution in [2.75, 3.05) is 14.2 Å². The number of benzene rings is 1. The predicted octanol–water partition coefficient (Wildman–Crippen LogP) is 3.80. The van der Waals surface area contributed by atoms with E-state index in [1.54, 1.807) is 14.2 Å². The summed E-state index contributed by atoms with van der Waals surface area (Å²) >= 11 is 2.35. The van der Waals surface area contributed by atoms with Crippen LogP contribution in [0, 0.1) is 10.5 Å². The summed E-state index contributed by atoms with van der Waals surface area (Å²) in [4.78, 5) is 4.47. The van der Waals surface area contributed by atoms with Crippen LogP contribution < -0.4 is 9.47 Å². The molecule has 0 aliphatic rings. The molecule has 1 aromatic heterocycles. The standard InChI is InChI=1S/C16H18INO2/c1-11-10-18-13(8-15(11)17)6-4-12-5-7-14(19-2)9-16(12)20-3/h5,7-10H,4,6H2,1-3H3. The first kappa shape index (κ1) is 15.1. The van der Waals surface area contributed by atoms with Gasteiger partial charge in [0.2, 0.25) is 0 Å². The molecule has 0 bridgehead atoms. The number of pyridine rings is 1. The Bertz CT molecular complexity index is 599. The van der Waals surface area contributed by atoms with Crippen LogP contribution in [0.4, 0.5) is 0 Å². The fourth-order valence-corrected chi connectivity index (χ4v) is 2.50. The highest BCUT2D eigenvalue weighted by molar-refractivity contribution is 14.1. The van der Waals surface area contributed by atoms with Crippen molar-refractivity contribution in [2.24, 2.45) is 0 Å². The van der Waals surface area contributed by atoms with Gasteiger partial charge in [-0.1, -0.05) is 6.07 Å². The molecule has 3 nitrogen and oxygen atoms in total. The highest BCUT2D eigenvalue weighted by Gasteiger charge is 2.06. The Morgan fingerprint density at radius 1 is 1.10 bits per heavy atom. The van der Waals surface area contributed by atoms with E-state index in [1.807, 2.05) is 18.3 Å². The van der Waals surface area contributed by atoms with Gasteiger partial charge in [-0.15, -0.1) is 0 Å². The molecule has 2 aromatic rings. The first-order chi connectivity index (χ1) is 9.63. The quantitative estimate of drug-likeness (QED) is 0.737. The minimum absolute atomic E-state index is 0.814. The van der Waals surface area contributed by atoms with Crippen LogP contribution in [0.25, 0.3) is 0 Å². The van der Waals surface area contributed by atoms with Crippen molar-refractivity contribution in [3.63, 3.8) is 0 Å². The number of hydrogen-bond donors (Lipinski definition) is 0. The maximum absolute atomic E-state index is 5.42. The largest absolute Gasteiger partial charge is 0.497 e. The van der Waals surface area contributed by atoms with Crippen molar-refractivity contribution in [1.29, 1.82) is 0 Å². The van der Waals surface area contributed by atoms with Gasteiger partial charge in [0.05, 0.1) is 14.2 Å². The maximum atomic E-state index is 5.42. The molecule has 0 atom stereocenters. The second kappa shape index (κ2) is 6.92. The van der Waals surface area contributed by atoms with Gasteiger partial charge in [-0.3, -0.25) is 4.98 Å². The van der Waals surface area contributed by atoms with Gasteiger partial charge >= 0.3 is 0 Å². The van der Waals surface area contributed by atoms with E-state index >= 15 is 0 Å². The van der Waals surface area contributed by atoms with Crippen LogP contribution in [0.2, 0.25) is 0 Å². The van der Waals surface area contributed by atoms with Gasteiger partial charge in [0.25, 0.3) is 0 Å². The van der Waals surface area contributed by atoms with Gasteiger partial charge in [-0.05, 0) is 65.6 Å². The van der Waals surface area contributed by atoms with Crippen molar-refractivity contribution >= 4 is 22.6 Å². The van der Waals surface area contributed by atoms with Crippen molar-refractivity contribution in [1.82, 2.24) is 4.98 Å². The average molecular weight is 383 g/mol. The number of methoxy groups -OCH3 is 2. The zero-order valence-electron chi connectivity index (χ0n) is 11.9. The summed E-state index contributed by atoms with van der Waals surface area (Å²) in [6.07, 6.45) is 3.74. The van der Waals surface area contributed by atoms with E-state index in [-0.39, 0.29) is 0 Å². The third-order valence-corrected chi connectivity index (χ3v) is 4.40. The van der Waals surface area contributed by atoms with Gasteiger partial charge < -0.3 is 9.47 Å². The fourth-order valence-electron chi connectivity index (χ4n) is 2.00. The summed E-state index contributed by atoms with van der Waals surface area (Å²) < 4.78 is 11.9. The third-order valence-electron chi connectivity index (χ3n) is 3.24. The molecule has 2 rings (SSSR count). The Morgan fingerprint density at radius 3 is 2.55 bits per heavy atom.